The molecule has 7 rings (SSSR count). The van der Waals surface area contributed by atoms with Gasteiger partial charge in [-0.2, -0.15) is 0 Å². The topological polar surface area (TPSA) is 12.9 Å². The minimum absolute atomic E-state index is 0.0103. The van der Waals surface area contributed by atoms with Crippen LogP contribution < -0.4 is 0 Å². The molecule has 0 atom stereocenters. The van der Waals surface area contributed by atoms with Crippen molar-refractivity contribution in [3.8, 4) is 22.4 Å². The average molecular weight is 450 g/mol. The molecule has 1 nitrogen and oxygen atoms in total. The van der Waals surface area contributed by atoms with Crippen LogP contribution in [0.1, 0.15) is 37.8 Å². The normalized spacial score (nSPS) is 13.9. The zero-order valence-electron chi connectivity index (χ0n) is 20.2. The van der Waals surface area contributed by atoms with Crippen molar-refractivity contribution in [2.75, 3.05) is 0 Å². The maximum atomic E-state index is 4.64. The molecule has 0 radical (unpaired) electrons. The monoisotopic (exact) mass is 449 g/mol. The van der Waals surface area contributed by atoms with Crippen molar-refractivity contribution in [1.82, 2.24) is 4.98 Å². The first-order valence-corrected chi connectivity index (χ1v) is 12.7. The molecule has 1 aliphatic carbocycles. The molecule has 1 heteroatoms. The van der Waals surface area contributed by atoms with Crippen LogP contribution in [0.4, 0.5) is 0 Å². The van der Waals surface area contributed by atoms with Crippen LogP contribution in [0, 0.1) is 0 Å². The fourth-order valence-corrected chi connectivity index (χ4v) is 6.59. The summed E-state index contributed by atoms with van der Waals surface area (Å²) in [6.45, 7) is 4.69. The number of rotatable bonds is 3. The Morgan fingerprint density at radius 2 is 1.11 bits per heavy atom. The van der Waals surface area contributed by atoms with Crippen molar-refractivity contribution in [1.29, 1.82) is 0 Å². The van der Waals surface area contributed by atoms with Crippen LogP contribution in [-0.2, 0) is 5.41 Å². The van der Waals surface area contributed by atoms with E-state index in [2.05, 4.69) is 110 Å². The quantitative estimate of drug-likeness (QED) is 0.245. The summed E-state index contributed by atoms with van der Waals surface area (Å²) in [6, 6.07) is 35.9. The van der Waals surface area contributed by atoms with E-state index in [4.69, 9.17) is 0 Å². The smallest absolute Gasteiger partial charge is 0.0702 e. The van der Waals surface area contributed by atoms with E-state index in [1.54, 1.807) is 0 Å². The van der Waals surface area contributed by atoms with Gasteiger partial charge < -0.3 is 0 Å². The zero-order valence-corrected chi connectivity index (χ0v) is 20.2. The first-order valence-electron chi connectivity index (χ1n) is 12.7. The average Bonchev–Trinajstić information content (AvgIpc) is 3.21. The van der Waals surface area contributed by atoms with Crippen molar-refractivity contribution in [3.63, 3.8) is 0 Å². The highest BCUT2D eigenvalue weighted by Crippen LogP contribution is 2.55. The molecule has 1 aromatic heterocycles. The standard InChI is InChI=1S/C34H27N/c1-3-34(4-2)31-19-22(33-15-9-10-18-35-33)16-17-27(31)30-20-28-25-13-7-5-11-23(25)24-12-6-8-14-26(24)29(28)21-32(30)34/h5-21H,3-4H2,1-2H3. The van der Waals surface area contributed by atoms with Crippen molar-refractivity contribution in [2.45, 2.75) is 32.1 Å². The first kappa shape index (κ1) is 20.4. The van der Waals surface area contributed by atoms with Crippen molar-refractivity contribution in [3.05, 3.63) is 114 Å². The van der Waals surface area contributed by atoms with E-state index >= 15 is 0 Å². The van der Waals surface area contributed by atoms with E-state index in [1.165, 1.54) is 60.1 Å². The van der Waals surface area contributed by atoms with Crippen molar-refractivity contribution in [2.24, 2.45) is 0 Å². The Balaban J connectivity index is 1.60. The van der Waals surface area contributed by atoms with Crippen LogP contribution in [0.25, 0.3) is 54.7 Å². The van der Waals surface area contributed by atoms with Gasteiger partial charge in [0, 0.05) is 17.2 Å². The van der Waals surface area contributed by atoms with Gasteiger partial charge in [0.2, 0.25) is 0 Å². The Morgan fingerprint density at radius 3 is 1.71 bits per heavy atom. The summed E-state index contributed by atoms with van der Waals surface area (Å²) in [7, 11) is 0. The molecular formula is C34H27N. The van der Waals surface area contributed by atoms with E-state index < -0.39 is 0 Å². The van der Waals surface area contributed by atoms with E-state index in [0.29, 0.717) is 0 Å². The lowest BCUT2D eigenvalue weighted by molar-refractivity contribution is 0.491. The molecule has 1 aliphatic rings. The molecule has 35 heavy (non-hydrogen) atoms. The van der Waals surface area contributed by atoms with Gasteiger partial charge in [-0.05, 0) is 97.7 Å². The second-order valence-corrected chi connectivity index (χ2v) is 9.80. The van der Waals surface area contributed by atoms with Gasteiger partial charge in [-0.25, -0.2) is 0 Å². The summed E-state index contributed by atoms with van der Waals surface area (Å²) in [4.78, 5) is 4.64. The Labute approximate surface area is 206 Å². The third-order valence-corrected chi connectivity index (χ3v) is 8.39. The maximum Gasteiger partial charge on any atom is 0.0702 e. The fourth-order valence-electron chi connectivity index (χ4n) is 6.59. The lowest BCUT2D eigenvalue weighted by Crippen LogP contribution is -2.23. The highest BCUT2D eigenvalue weighted by molar-refractivity contribution is 6.26. The van der Waals surface area contributed by atoms with Crippen LogP contribution in [0.3, 0.4) is 0 Å². The van der Waals surface area contributed by atoms with E-state index in [0.717, 1.165) is 18.5 Å². The van der Waals surface area contributed by atoms with E-state index in [9.17, 15) is 0 Å². The fraction of sp³-hybridized carbons (Fsp3) is 0.147. The van der Waals surface area contributed by atoms with Crippen molar-refractivity contribution >= 4 is 32.3 Å². The number of nitrogens with zero attached hydrogens (tertiary/aromatic N) is 1. The van der Waals surface area contributed by atoms with Gasteiger partial charge in [0.05, 0.1) is 5.69 Å². The van der Waals surface area contributed by atoms with E-state index in [-0.39, 0.29) is 5.41 Å². The Morgan fingerprint density at radius 1 is 0.543 bits per heavy atom. The molecule has 0 amide bonds. The van der Waals surface area contributed by atoms with Crippen molar-refractivity contribution < 1.29 is 0 Å². The molecule has 1 heterocycles. The summed E-state index contributed by atoms with van der Waals surface area (Å²) in [5.41, 5.74) is 7.94. The minimum atomic E-state index is 0.0103. The molecule has 6 aromatic rings. The Kier molecular flexibility index (Phi) is 4.38. The summed E-state index contributed by atoms with van der Waals surface area (Å²) < 4.78 is 0. The molecule has 0 saturated heterocycles. The number of fused-ring (bicyclic) bond motifs is 9. The molecule has 0 N–H and O–H groups in total. The molecule has 0 spiro atoms. The Hall–Kier alpha value is -3.97. The predicted octanol–water partition coefficient (Wildman–Crippen LogP) is 9.29. The van der Waals surface area contributed by atoms with Gasteiger partial charge in [-0.1, -0.05) is 80.6 Å². The first-order chi connectivity index (χ1) is 17.2. The molecule has 0 aliphatic heterocycles. The van der Waals surface area contributed by atoms with E-state index in [1.807, 2.05) is 12.3 Å². The number of hydrogen-bond acceptors (Lipinski definition) is 1. The second-order valence-electron chi connectivity index (χ2n) is 9.80. The maximum absolute atomic E-state index is 4.64. The second kappa shape index (κ2) is 7.52. The van der Waals surface area contributed by atoms with Crippen LogP contribution in [0.15, 0.2) is 103 Å². The van der Waals surface area contributed by atoms with Crippen LogP contribution >= 0.6 is 0 Å². The lowest BCUT2D eigenvalue weighted by atomic mass is 9.73. The largest absolute Gasteiger partial charge is 0.256 e. The summed E-state index contributed by atoms with van der Waals surface area (Å²) >= 11 is 0. The van der Waals surface area contributed by atoms with Gasteiger partial charge in [-0.15, -0.1) is 0 Å². The molecule has 5 aromatic carbocycles. The molecule has 0 unspecified atom stereocenters. The summed E-state index contributed by atoms with van der Waals surface area (Å²) in [5, 5.41) is 8.05. The van der Waals surface area contributed by atoms with Gasteiger partial charge in [0.25, 0.3) is 0 Å². The van der Waals surface area contributed by atoms with Gasteiger partial charge in [0.15, 0.2) is 0 Å². The predicted molar refractivity (Wildman–Crippen MR) is 149 cm³/mol. The Bertz CT molecular complexity index is 1760. The molecule has 0 bridgehead atoms. The minimum Gasteiger partial charge on any atom is -0.256 e. The van der Waals surface area contributed by atoms with Crippen LogP contribution in [-0.4, -0.2) is 4.98 Å². The highest BCUT2D eigenvalue weighted by Gasteiger charge is 2.41. The molecule has 168 valence electrons. The molecular weight excluding hydrogens is 422 g/mol. The summed E-state index contributed by atoms with van der Waals surface area (Å²) in [6.07, 6.45) is 4.03. The van der Waals surface area contributed by atoms with Crippen LogP contribution in [0.5, 0.6) is 0 Å². The van der Waals surface area contributed by atoms with Gasteiger partial charge in [0.1, 0.15) is 0 Å². The molecule has 0 fully saturated rings. The molecule has 0 saturated carbocycles. The van der Waals surface area contributed by atoms with Gasteiger partial charge in [-0.3, -0.25) is 4.98 Å². The third-order valence-electron chi connectivity index (χ3n) is 8.39. The number of benzene rings is 5. The van der Waals surface area contributed by atoms with Crippen LogP contribution in [0.2, 0.25) is 0 Å². The third kappa shape index (κ3) is 2.73. The van der Waals surface area contributed by atoms with Gasteiger partial charge >= 0.3 is 0 Å². The number of aromatic nitrogens is 1. The zero-order chi connectivity index (χ0) is 23.6. The summed E-state index contributed by atoms with van der Waals surface area (Å²) in [5.74, 6) is 0. The lowest BCUT2D eigenvalue weighted by Gasteiger charge is -2.30. The highest BCUT2D eigenvalue weighted by atomic mass is 14.7. The number of pyridine rings is 1. The number of hydrogen-bond donors (Lipinski definition) is 0. The SMILES string of the molecule is CCC1(CC)c2cc(-c3ccccn3)ccc2-c2cc3c4ccccc4c4ccccc4c3cc21.